The van der Waals surface area contributed by atoms with Crippen molar-refractivity contribution in [3.05, 3.63) is 45.2 Å². The summed E-state index contributed by atoms with van der Waals surface area (Å²) in [6.45, 7) is 4.56. The lowest BCUT2D eigenvalue weighted by Crippen LogP contribution is -2.03. The summed E-state index contributed by atoms with van der Waals surface area (Å²) >= 11 is 5.97. The summed E-state index contributed by atoms with van der Waals surface area (Å²) in [5.74, 6) is 0. The molecule has 0 spiro atoms. The highest BCUT2D eigenvalue weighted by molar-refractivity contribution is 6.31. The maximum atomic E-state index is 11.0. The average molecular weight is 295 g/mol. The zero-order valence-corrected chi connectivity index (χ0v) is 12.0. The minimum atomic E-state index is -0.418. The van der Waals surface area contributed by atoms with Gasteiger partial charge in [0.25, 0.3) is 5.69 Å². The van der Waals surface area contributed by atoms with E-state index in [2.05, 4.69) is 10.4 Å². The number of rotatable bonds is 5. The molecule has 0 aliphatic rings. The van der Waals surface area contributed by atoms with Crippen LogP contribution in [-0.4, -0.2) is 21.2 Å². The van der Waals surface area contributed by atoms with Crippen LogP contribution in [0.25, 0.3) is 5.69 Å². The zero-order chi connectivity index (χ0) is 14.7. The van der Waals surface area contributed by atoms with E-state index in [-0.39, 0.29) is 5.69 Å². The molecule has 1 aromatic heterocycles. The second-order valence-corrected chi connectivity index (χ2v) is 4.84. The zero-order valence-electron chi connectivity index (χ0n) is 11.3. The fourth-order valence-corrected chi connectivity index (χ4v) is 1.91. The van der Waals surface area contributed by atoms with E-state index in [9.17, 15) is 10.1 Å². The maximum absolute atomic E-state index is 11.0. The van der Waals surface area contributed by atoms with E-state index in [1.165, 1.54) is 12.1 Å². The molecule has 0 aliphatic carbocycles. The molecule has 0 fully saturated rings. The third-order valence-corrected chi connectivity index (χ3v) is 3.17. The van der Waals surface area contributed by atoms with Gasteiger partial charge >= 0.3 is 0 Å². The monoisotopic (exact) mass is 294 g/mol. The van der Waals surface area contributed by atoms with Crippen molar-refractivity contribution in [2.75, 3.05) is 11.9 Å². The Labute approximate surface area is 121 Å². The van der Waals surface area contributed by atoms with Crippen LogP contribution in [0.15, 0.2) is 24.4 Å². The van der Waals surface area contributed by atoms with Gasteiger partial charge in [0.05, 0.1) is 21.3 Å². The van der Waals surface area contributed by atoms with Crippen molar-refractivity contribution < 1.29 is 4.92 Å². The van der Waals surface area contributed by atoms with E-state index in [4.69, 9.17) is 11.6 Å². The summed E-state index contributed by atoms with van der Waals surface area (Å²) in [4.78, 5) is 10.6. The molecule has 0 amide bonds. The van der Waals surface area contributed by atoms with Gasteiger partial charge in [-0.25, -0.2) is 4.68 Å². The number of nitrogens with zero attached hydrogens (tertiary/aromatic N) is 3. The van der Waals surface area contributed by atoms with Crippen molar-refractivity contribution in [1.29, 1.82) is 0 Å². The van der Waals surface area contributed by atoms with Crippen LogP contribution in [0, 0.1) is 17.0 Å². The fraction of sp³-hybridized carbons (Fsp3) is 0.308. The van der Waals surface area contributed by atoms with Gasteiger partial charge in [0.15, 0.2) is 0 Å². The van der Waals surface area contributed by atoms with Gasteiger partial charge in [0.1, 0.15) is 0 Å². The first-order chi connectivity index (χ1) is 9.51. The molecule has 0 atom stereocenters. The molecule has 0 saturated carbocycles. The van der Waals surface area contributed by atoms with Crippen LogP contribution >= 0.6 is 11.6 Å². The first-order valence-corrected chi connectivity index (χ1v) is 6.64. The van der Waals surface area contributed by atoms with Crippen LogP contribution < -0.4 is 5.32 Å². The van der Waals surface area contributed by atoms with E-state index >= 15 is 0 Å². The molecule has 6 nitrogen and oxygen atoms in total. The number of nitro benzene ring substituents is 1. The van der Waals surface area contributed by atoms with Gasteiger partial charge in [-0.1, -0.05) is 18.5 Å². The summed E-state index contributed by atoms with van der Waals surface area (Å²) in [7, 11) is 0. The van der Waals surface area contributed by atoms with Crippen molar-refractivity contribution in [2.45, 2.75) is 20.3 Å². The molecule has 1 aromatic carbocycles. The Morgan fingerprint density at radius 1 is 1.45 bits per heavy atom. The molecule has 20 heavy (non-hydrogen) atoms. The van der Waals surface area contributed by atoms with E-state index in [0.29, 0.717) is 22.1 Å². The molecule has 0 unspecified atom stereocenters. The molecule has 0 radical (unpaired) electrons. The van der Waals surface area contributed by atoms with Crippen molar-refractivity contribution in [3.63, 3.8) is 0 Å². The number of aryl methyl sites for hydroxylation is 1. The van der Waals surface area contributed by atoms with Gasteiger partial charge in [-0.3, -0.25) is 10.1 Å². The molecule has 0 saturated heterocycles. The smallest absolute Gasteiger partial charge is 0.273 e. The lowest BCUT2D eigenvalue weighted by Gasteiger charge is -2.08. The first kappa shape index (κ1) is 14.3. The number of anilines is 1. The van der Waals surface area contributed by atoms with E-state index in [1.54, 1.807) is 17.8 Å². The second kappa shape index (κ2) is 5.92. The van der Waals surface area contributed by atoms with Crippen molar-refractivity contribution in [1.82, 2.24) is 9.78 Å². The van der Waals surface area contributed by atoms with E-state index in [0.717, 1.165) is 13.0 Å². The third-order valence-electron chi connectivity index (χ3n) is 2.80. The number of benzene rings is 1. The Morgan fingerprint density at radius 3 is 2.75 bits per heavy atom. The number of hydrogen-bond acceptors (Lipinski definition) is 4. The molecular formula is C13H15ClN4O2. The molecule has 2 rings (SSSR count). The highest BCUT2D eigenvalue weighted by Gasteiger charge is 2.12. The van der Waals surface area contributed by atoms with Crippen molar-refractivity contribution >= 4 is 23.0 Å². The maximum Gasteiger partial charge on any atom is 0.273 e. The highest BCUT2D eigenvalue weighted by Crippen LogP contribution is 2.25. The number of nitro groups is 1. The summed E-state index contributed by atoms with van der Waals surface area (Å²) in [5, 5.41) is 18.9. The van der Waals surface area contributed by atoms with Gasteiger partial charge < -0.3 is 5.32 Å². The average Bonchev–Trinajstić information content (AvgIpc) is 2.76. The Morgan fingerprint density at radius 2 is 2.20 bits per heavy atom. The SMILES string of the molecule is CCCNc1cc(-n2cc(Cl)c(C)n2)cc([N+](=O)[O-])c1. The molecule has 1 N–H and O–H groups in total. The van der Waals surface area contributed by atoms with E-state index in [1.807, 2.05) is 13.0 Å². The fourth-order valence-electron chi connectivity index (χ4n) is 1.78. The molecule has 7 heteroatoms. The largest absolute Gasteiger partial charge is 0.385 e. The molecule has 106 valence electrons. The van der Waals surface area contributed by atoms with Crippen LogP contribution in [0.4, 0.5) is 11.4 Å². The van der Waals surface area contributed by atoms with Gasteiger partial charge in [-0.2, -0.15) is 5.10 Å². The van der Waals surface area contributed by atoms with Crippen LogP contribution in [-0.2, 0) is 0 Å². The number of hydrogen-bond donors (Lipinski definition) is 1. The first-order valence-electron chi connectivity index (χ1n) is 6.26. The Balaban J connectivity index is 2.45. The molecule has 0 bridgehead atoms. The molecular weight excluding hydrogens is 280 g/mol. The number of aromatic nitrogens is 2. The van der Waals surface area contributed by atoms with Crippen molar-refractivity contribution in [3.8, 4) is 5.69 Å². The minimum absolute atomic E-state index is 0.0189. The summed E-state index contributed by atoms with van der Waals surface area (Å²) in [6.07, 6.45) is 2.57. The van der Waals surface area contributed by atoms with Crippen LogP contribution in [0.3, 0.4) is 0 Å². The van der Waals surface area contributed by atoms with Crippen LogP contribution in [0.5, 0.6) is 0 Å². The second-order valence-electron chi connectivity index (χ2n) is 4.43. The van der Waals surface area contributed by atoms with Gasteiger partial charge in [0, 0.05) is 30.6 Å². The predicted molar refractivity (Wildman–Crippen MR) is 78.7 cm³/mol. The van der Waals surface area contributed by atoms with Crippen LogP contribution in [0.1, 0.15) is 19.0 Å². The lowest BCUT2D eigenvalue weighted by atomic mass is 10.2. The standard InChI is InChI=1S/C13H15ClN4O2/c1-3-4-15-10-5-11(7-12(6-10)18(19)20)17-8-13(14)9(2)16-17/h5-8,15H,3-4H2,1-2H3. The third kappa shape index (κ3) is 3.08. The van der Waals surface area contributed by atoms with Crippen LogP contribution in [0.2, 0.25) is 5.02 Å². The number of halogens is 1. The summed E-state index contributed by atoms with van der Waals surface area (Å²) in [6, 6.07) is 4.79. The topological polar surface area (TPSA) is 73.0 Å². The van der Waals surface area contributed by atoms with E-state index < -0.39 is 4.92 Å². The normalized spacial score (nSPS) is 10.6. The summed E-state index contributed by atoms with van der Waals surface area (Å²) < 4.78 is 1.54. The minimum Gasteiger partial charge on any atom is -0.385 e. The molecule has 2 aromatic rings. The van der Waals surface area contributed by atoms with Gasteiger partial charge in [-0.15, -0.1) is 0 Å². The number of non-ortho nitro benzene ring substituents is 1. The quantitative estimate of drug-likeness (QED) is 0.676. The lowest BCUT2D eigenvalue weighted by molar-refractivity contribution is -0.384. The van der Waals surface area contributed by atoms with Gasteiger partial charge in [-0.05, 0) is 19.4 Å². The van der Waals surface area contributed by atoms with Crippen molar-refractivity contribution in [2.24, 2.45) is 0 Å². The Hall–Kier alpha value is -2.08. The molecule has 1 heterocycles. The molecule has 0 aliphatic heterocycles. The van der Waals surface area contributed by atoms with Gasteiger partial charge in [0.2, 0.25) is 0 Å². The Bertz CT molecular complexity index is 620. The number of nitrogens with one attached hydrogen (secondary N) is 1. The summed E-state index contributed by atoms with van der Waals surface area (Å²) in [5.41, 5.74) is 2.00. The Kier molecular flexibility index (Phi) is 4.24. The highest BCUT2D eigenvalue weighted by atomic mass is 35.5. The predicted octanol–water partition coefficient (Wildman–Crippen LogP) is 3.56.